The quantitative estimate of drug-likeness (QED) is 0.925. The Morgan fingerprint density at radius 3 is 2.83 bits per heavy atom. The lowest BCUT2D eigenvalue weighted by Crippen LogP contribution is -2.68. The summed E-state index contributed by atoms with van der Waals surface area (Å²) in [4.78, 5) is 18.8. The number of para-hydroxylation sites is 1. The molecule has 3 heterocycles. The van der Waals surface area contributed by atoms with Crippen molar-refractivity contribution in [3.8, 4) is 0 Å². The monoisotopic (exact) mass is 319 g/mol. The summed E-state index contributed by atoms with van der Waals surface area (Å²) in [5.41, 5.74) is 2.71. The summed E-state index contributed by atoms with van der Waals surface area (Å²) >= 11 is 0. The van der Waals surface area contributed by atoms with Crippen LogP contribution in [0.5, 0.6) is 0 Å². The molecule has 0 saturated carbocycles. The molecule has 0 radical (unpaired) electrons. The van der Waals surface area contributed by atoms with E-state index in [1.54, 1.807) is 6.20 Å². The first-order valence-corrected chi connectivity index (χ1v) is 8.32. The maximum Gasteiger partial charge on any atom is 0.223 e. The topological polar surface area (TPSA) is 45.2 Å². The fraction of sp³-hybridized carbons (Fsp3) is 0.300. The number of nitrogens with one attached hydrogen (secondary N) is 1. The molecule has 0 spiro atoms. The third-order valence-electron chi connectivity index (χ3n) is 5.34. The fourth-order valence-corrected chi connectivity index (χ4v) is 4.01. The molecule has 1 aromatic carbocycles. The van der Waals surface area contributed by atoms with Crippen molar-refractivity contribution in [3.05, 3.63) is 66.0 Å². The first-order valence-electron chi connectivity index (χ1n) is 8.32. The zero-order valence-electron chi connectivity index (χ0n) is 14.0. The number of anilines is 1. The molecule has 1 aromatic heterocycles. The van der Waals surface area contributed by atoms with E-state index in [0.717, 1.165) is 12.1 Å². The van der Waals surface area contributed by atoms with E-state index in [9.17, 15) is 4.79 Å². The summed E-state index contributed by atoms with van der Waals surface area (Å²) in [6.07, 6.45) is 8.30. The van der Waals surface area contributed by atoms with Crippen LogP contribution < -0.4 is 10.2 Å². The summed E-state index contributed by atoms with van der Waals surface area (Å²) in [6.45, 7) is 5.12. The Kier molecular flexibility index (Phi) is 3.23. The Balaban J connectivity index is 1.86. The number of carbonyl (C=O) groups is 1. The first kappa shape index (κ1) is 14.9. The van der Waals surface area contributed by atoms with E-state index in [1.165, 1.54) is 11.3 Å². The summed E-state index contributed by atoms with van der Waals surface area (Å²) < 4.78 is 0. The molecule has 2 aliphatic heterocycles. The molecule has 2 aromatic rings. The van der Waals surface area contributed by atoms with Gasteiger partial charge in [-0.25, -0.2) is 0 Å². The van der Waals surface area contributed by atoms with Crippen molar-refractivity contribution in [1.82, 2.24) is 10.3 Å². The number of fused-ring (bicyclic) bond motifs is 3. The van der Waals surface area contributed by atoms with Gasteiger partial charge in [0.2, 0.25) is 5.91 Å². The maximum atomic E-state index is 12.3. The van der Waals surface area contributed by atoms with E-state index in [0.29, 0.717) is 6.42 Å². The van der Waals surface area contributed by atoms with Crippen LogP contribution in [0.1, 0.15) is 31.4 Å². The number of hydrogen-bond acceptors (Lipinski definition) is 3. The van der Waals surface area contributed by atoms with Gasteiger partial charge in [0.25, 0.3) is 0 Å². The highest BCUT2D eigenvalue weighted by atomic mass is 16.2. The van der Waals surface area contributed by atoms with Crippen molar-refractivity contribution in [2.45, 2.75) is 31.3 Å². The third-order valence-corrected chi connectivity index (χ3v) is 5.34. The minimum absolute atomic E-state index is 0.1000. The van der Waals surface area contributed by atoms with Gasteiger partial charge in [-0.1, -0.05) is 44.2 Å². The van der Waals surface area contributed by atoms with Crippen molar-refractivity contribution in [2.24, 2.45) is 0 Å². The van der Waals surface area contributed by atoms with Crippen molar-refractivity contribution < 1.29 is 4.79 Å². The minimum Gasteiger partial charge on any atom is -0.344 e. The molecule has 1 amide bonds. The Morgan fingerprint density at radius 1 is 1.21 bits per heavy atom. The molecule has 0 aliphatic carbocycles. The second-order valence-electron chi connectivity index (χ2n) is 6.98. The average Bonchev–Trinajstić information content (AvgIpc) is 2.79. The molecule has 2 aliphatic rings. The maximum absolute atomic E-state index is 12.3. The normalized spacial score (nSPS) is 24.6. The molecule has 1 atom stereocenters. The van der Waals surface area contributed by atoms with Crippen LogP contribution >= 0.6 is 0 Å². The lowest BCUT2D eigenvalue weighted by molar-refractivity contribution is -0.124. The summed E-state index contributed by atoms with van der Waals surface area (Å²) in [5, 5.41) is 3.28. The molecule has 122 valence electrons. The predicted octanol–water partition coefficient (Wildman–Crippen LogP) is 3.11. The van der Waals surface area contributed by atoms with Gasteiger partial charge in [0, 0.05) is 36.5 Å². The Bertz CT molecular complexity index is 813. The lowest BCUT2D eigenvalue weighted by atomic mass is 9.74. The van der Waals surface area contributed by atoms with Crippen LogP contribution in [0.2, 0.25) is 0 Å². The first-order chi connectivity index (χ1) is 11.5. The lowest BCUT2D eigenvalue weighted by Gasteiger charge is -2.49. The second kappa shape index (κ2) is 5.20. The number of hydrogen-bond donors (Lipinski definition) is 1. The van der Waals surface area contributed by atoms with Crippen molar-refractivity contribution in [1.29, 1.82) is 0 Å². The van der Waals surface area contributed by atoms with Crippen LogP contribution in [0.4, 0.5) is 5.69 Å². The Labute approximate surface area is 142 Å². The predicted molar refractivity (Wildman–Crippen MR) is 95.6 cm³/mol. The third kappa shape index (κ3) is 1.99. The van der Waals surface area contributed by atoms with Crippen LogP contribution in [-0.2, 0) is 10.2 Å². The van der Waals surface area contributed by atoms with Gasteiger partial charge >= 0.3 is 0 Å². The molecule has 1 unspecified atom stereocenters. The van der Waals surface area contributed by atoms with Crippen molar-refractivity contribution in [3.63, 3.8) is 0 Å². The number of carbonyl (C=O) groups excluding carboxylic acids is 1. The Morgan fingerprint density at radius 2 is 2.04 bits per heavy atom. The number of pyridine rings is 1. The van der Waals surface area contributed by atoms with Crippen molar-refractivity contribution in [2.75, 3.05) is 11.4 Å². The van der Waals surface area contributed by atoms with Gasteiger partial charge in [-0.05, 0) is 29.3 Å². The van der Waals surface area contributed by atoms with Crippen LogP contribution in [0, 0.1) is 0 Å². The number of nitrogens with zero attached hydrogens (tertiary/aromatic N) is 2. The average molecular weight is 319 g/mol. The van der Waals surface area contributed by atoms with Gasteiger partial charge in [0.15, 0.2) is 0 Å². The van der Waals surface area contributed by atoms with E-state index in [4.69, 9.17) is 0 Å². The highest BCUT2D eigenvalue weighted by Crippen LogP contribution is 2.52. The van der Waals surface area contributed by atoms with E-state index in [-0.39, 0.29) is 11.3 Å². The van der Waals surface area contributed by atoms with E-state index in [1.807, 2.05) is 18.3 Å². The largest absolute Gasteiger partial charge is 0.344 e. The van der Waals surface area contributed by atoms with Crippen LogP contribution in [0.3, 0.4) is 0 Å². The number of aromatic nitrogens is 1. The van der Waals surface area contributed by atoms with Gasteiger partial charge < -0.3 is 10.2 Å². The number of benzene rings is 1. The standard InChI is InChI=1S/C20H21N3O/c1-19(2)16-7-3-4-8-17(16)23-13-10-18(24)22-20(19,23)11-9-15-6-5-12-21-14-15/h3-9,11-12,14H,10,13H2,1-2H3,(H,22,24)/b11-9+. The molecule has 1 saturated heterocycles. The van der Waals surface area contributed by atoms with E-state index < -0.39 is 5.66 Å². The zero-order chi connectivity index (χ0) is 16.8. The number of amides is 1. The minimum atomic E-state index is -0.554. The van der Waals surface area contributed by atoms with E-state index >= 15 is 0 Å². The Hall–Kier alpha value is -2.62. The van der Waals surface area contributed by atoms with Gasteiger partial charge in [0.05, 0.1) is 0 Å². The zero-order valence-corrected chi connectivity index (χ0v) is 14.0. The van der Waals surface area contributed by atoms with Crippen LogP contribution in [0.25, 0.3) is 6.08 Å². The summed E-state index contributed by atoms with van der Waals surface area (Å²) in [5.74, 6) is 0.1000. The molecule has 1 fully saturated rings. The molecular weight excluding hydrogens is 298 g/mol. The van der Waals surface area contributed by atoms with Gasteiger partial charge in [-0.2, -0.15) is 0 Å². The molecule has 4 nitrogen and oxygen atoms in total. The van der Waals surface area contributed by atoms with Crippen LogP contribution in [0.15, 0.2) is 54.9 Å². The molecule has 0 bridgehead atoms. The fourth-order valence-electron chi connectivity index (χ4n) is 4.01. The highest BCUT2D eigenvalue weighted by molar-refractivity contribution is 5.84. The van der Waals surface area contributed by atoms with Crippen LogP contribution in [-0.4, -0.2) is 23.1 Å². The summed E-state index contributed by atoms with van der Waals surface area (Å²) in [7, 11) is 0. The molecule has 4 rings (SSSR count). The highest BCUT2D eigenvalue weighted by Gasteiger charge is 2.57. The molecule has 1 N–H and O–H groups in total. The molecule has 4 heteroatoms. The van der Waals surface area contributed by atoms with Gasteiger partial charge in [0.1, 0.15) is 5.66 Å². The van der Waals surface area contributed by atoms with Gasteiger partial charge in [-0.15, -0.1) is 0 Å². The summed E-state index contributed by atoms with van der Waals surface area (Å²) in [6, 6.07) is 12.4. The molecule has 24 heavy (non-hydrogen) atoms. The smallest absolute Gasteiger partial charge is 0.223 e. The van der Waals surface area contributed by atoms with E-state index in [2.05, 4.69) is 65.5 Å². The number of rotatable bonds is 2. The SMILES string of the molecule is CC1(C)c2ccccc2N2CCC(=O)NC21/C=C/c1cccnc1. The second-order valence-corrected chi connectivity index (χ2v) is 6.98. The van der Waals surface area contributed by atoms with Crippen molar-refractivity contribution >= 4 is 17.7 Å². The molecular formula is C20H21N3O. The van der Waals surface area contributed by atoms with Gasteiger partial charge in [-0.3, -0.25) is 9.78 Å².